The third-order valence-electron chi connectivity index (χ3n) is 1.39. The lowest BCUT2D eigenvalue weighted by Crippen LogP contribution is -2.09. The van der Waals surface area contributed by atoms with Crippen LogP contribution in [0.5, 0.6) is 0 Å². The molecular formula is C6H4N4O4. The zero-order chi connectivity index (χ0) is 10.1. The number of carboxylic acid groups (broad SMARTS) is 1. The zero-order valence-corrected chi connectivity index (χ0v) is 6.67. The van der Waals surface area contributed by atoms with Crippen LogP contribution < -0.4 is 11.1 Å². The number of fused-ring (bicyclic) bond motifs is 1. The van der Waals surface area contributed by atoms with Crippen LogP contribution in [0, 0.1) is 0 Å². The minimum absolute atomic E-state index is 0.00116. The van der Waals surface area contributed by atoms with Gasteiger partial charge in [0.2, 0.25) is 0 Å². The number of anilines is 1. The summed E-state index contributed by atoms with van der Waals surface area (Å²) in [5.74, 6) is -0.711. The van der Waals surface area contributed by atoms with E-state index in [1.165, 1.54) is 12.3 Å². The topological polar surface area (TPSA) is 110 Å². The maximum absolute atomic E-state index is 10.6. The molecule has 2 aromatic rings. The summed E-state index contributed by atoms with van der Waals surface area (Å²) in [6, 6.07) is 1.34. The van der Waals surface area contributed by atoms with Gasteiger partial charge in [-0.25, -0.2) is 9.59 Å². The van der Waals surface area contributed by atoms with Gasteiger partial charge in [0.05, 0.1) is 6.20 Å². The van der Waals surface area contributed by atoms with Crippen molar-refractivity contribution in [2.45, 2.75) is 0 Å². The number of hydrogen-bond donors (Lipinski definition) is 2. The summed E-state index contributed by atoms with van der Waals surface area (Å²) in [7, 11) is 0. The highest BCUT2D eigenvalue weighted by Crippen LogP contribution is 2.02. The lowest BCUT2D eigenvalue weighted by atomic mass is 10.6. The molecule has 8 heteroatoms. The molecule has 2 rings (SSSR count). The molecule has 0 spiro atoms. The largest absolute Gasteiger partial charge is 0.465 e. The van der Waals surface area contributed by atoms with E-state index in [2.05, 4.69) is 14.5 Å². The Morgan fingerprint density at radius 2 is 2.36 bits per heavy atom. The van der Waals surface area contributed by atoms with Crippen LogP contribution in [0.3, 0.4) is 0 Å². The summed E-state index contributed by atoms with van der Waals surface area (Å²) in [5, 5.41) is 10.4. The summed E-state index contributed by atoms with van der Waals surface area (Å²) in [6.45, 7) is 0. The van der Waals surface area contributed by atoms with Crippen molar-refractivity contribution in [3.05, 3.63) is 22.8 Å². The van der Waals surface area contributed by atoms with Gasteiger partial charge in [0.15, 0.2) is 0 Å². The number of hydrogen-bond acceptors (Lipinski definition) is 5. The van der Waals surface area contributed by atoms with E-state index in [1.807, 2.05) is 5.32 Å². The van der Waals surface area contributed by atoms with Crippen LogP contribution in [-0.2, 0) is 0 Å². The summed E-state index contributed by atoms with van der Waals surface area (Å²) in [5.41, 5.74) is 0. The van der Waals surface area contributed by atoms with Crippen molar-refractivity contribution in [2.75, 3.05) is 5.32 Å². The van der Waals surface area contributed by atoms with Crippen LogP contribution >= 0.6 is 0 Å². The van der Waals surface area contributed by atoms with Gasteiger partial charge in [0.1, 0.15) is 5.82 Å². The highest BCUT2D eigenvalue weighted by Gasteiger charge is 2.04. The highest BCUT2D eigenvalue weighted by atomic mass is 16.5. The maximum atomic E-state index is 10.6. The first-order chi connectivity index (χ1) is 6.65. The molecule has 0 fully saturated rings. The first-order valence-corrected chi connectivity index (χ1v) is 3.52. The molecule has 2 aromatic heterocycles. The SMILES string of the molecule is O=C(O)Nc1ccn2oc(=O)nc2n1. The van der Waals surface area contributed by atoms with E-state index in [0.717, 1.165) is 4.57 Å². The van der Waals surface area contributed by atoms with Crippen molar-refractivity contribution in [3.8, 4) is 0 Å². The Morgan fingerprint density at radius 3 is 3.07 bits per heavy atom. The van der Waals surface area contributed by atoms with Crippen molar-refractivity contribution in [1.82, 2.24) is 14.5 Å². The van der Waals surface area contributed by atoms with Crippen LogP contribution in [0.25, 0.3) is 5.78 Å². The van der Waals surface area contributed by atoms with Crippen molar-refractivity contribution in [2.24, 2.45) is 0 Å². The molecule has 0 aromatic carbocycles. The van der Waals surface area contributed by atoms with Gasteiger partial charge in [0, 0.05) is 6.07 Å². The van der Waals surface area contributed by atoms with Crippen molar-refractivity contribution in [1.29, 1.82) is 0 Å². The van der Waals surface area contributed by atoms with Gasteiger partial charge in [-0.05, 0) is 0 Å². The van der Waals surface area contributed by atoms with Crippen molar-refractivity contribution < 1.29 is 14.4 Å². The maximum Gasteiger partial charge on any atom is 0.461 e. The second-order valence-corrected chi connectivity index (χ2v) is 2.34. The van der Waals surface area contributed by atoms with Gasteiger partial charge >= 0.3 is 11.8 Å². The minimum atomic E-state index is -1.24. The molecule has 0 aliphatic heterocycles. The normalized spacial score (nSPS) is 10.3. The van der Waals surface area contributed by atoms with Crippen LogP contribution in [0.2, 0.25) is 0 Å². The van der Waals surface area contributed by atoms with E-state index < -0.39 is 11.8 Å². The Bertz CT molecular complexity index is 542. The van der Waals surface area contributed by atoms with E-state index in [9.17, 15) is 9.59 Å². The molecule has 0 unspecified atom stereocenters. The molecule has 2 heterocycles. The molecule has 0 radical (unpaired) electrons. The molecule has 0 aliphatic carbocycles. The van der Waals surface area contributed by atoms with Gasteiger partial charge in [0.25, 0.3) is 5.78 Å². The number of aromatic nitrogens is 3. The number of rotatable bonds is 1. The molecule has 2 N–H and O–H groups in total. The fourth-order valence-corrected chi connectivity index (χ4v) is 0.910. The lowest BCUT2D eigenvalue weighted by molar-refractivity contribution is 0.209. The summed E-state index contributed by atoms with van der Waals surface area (Å²) >= 11 is 0. The molecule has 14 heavy (non-hydrogen) atoms. The van der Waals surface area contributed by atoms with Gasteiger partial charge in [-0.15, -0.1) is 9.56 Å². The van der Waals surface area contributed by atoms with Crippen LogP contribution in [0.1, 0.15) is 0 Å². The number of nitrogens with one attached hydrogen (secondary N) is 1. The average Bonchev–Trinajstić information content (AvgIpc) is 2.42. The minimum Gasteiger partial charge on any atom is -0.465 e. The van der Waals surface area contributed by atoms with Gasteiger partial charge in [-0.3, -0.25) is 5.32 Å². The summed E-state index contributed by atoms with van der Waals surface area (Å²) in [6.07, 6.45) is 0.0924. The summed E-state index contributed by atoms with van der Waals surface area (Å²) in [4.78, 5) is 28.0. The second-order valence-electron chi connectivity index (χ2n) is 2.34. The Balaban J connectivity index is 2.50. The fraction of sp³-hybridized carbons (Fsp3) is 0. The Labute approximate surface area is 75.8 Å². The van der Waals surface area contributed by atoms with E-state index in [4.69, 9.17) is 5.11 Å². The van der Waals surface area contributed by atoms with E-state index in [-0.39, 0.29) is 11.6 Å². The molecule has 0 aliphatic rings. The van der Waals surface area contributed by atoms with Crippen LogP contribution in [-0.4, -0.2) is 25.7 Å². The highest BCUT2D eigenvalue weighted by molar-refractivity contribution is 5.81. The molecule has 0 bridgehead atoms. The van der Waals surface area contributed by atoms with E-state index >= 15 is 0 Å². The predicted octanol–water partition coefficient (Wildman–Crippen LogP) is -0.228. The number of amides is 1. The quantitative estimate of drug-likeness (QED) is 0.651. The Morgan fingerprint density at radius 1 is 1.57 bits per heavy atom. The Hall–Kier alpha value is -2.38. The van der Waals surface area contributed by atoms with Gasteiger partial charge in [-0.2, -0.15) is 4.98 Å². The molecule has 1 amide bonds. The third-order valence-corrected chi connectivity index (χ3v) is 1.39. The van der Waals surface area contributed by atoms with Crippen molar-refractivity contribution >= 4 is 17.7 Å². The lowest BCUT2D eigenvalue weighted by Gasteiger charge is -1.97. The van der Waals surface area contributed by atoms with Crippen LogP contribution in [0.4, 0.5) is 10.6 Å². The molecule has 0 saturated carbocycles. The first-order valence-electron chi connectivity index (χ1n) is 3.52. The smallest absolute Gasteiger partial charge is 0.461 e. The fourth-order valence-electron chi connectivity index (χ4n) is 0.910. The van der Waals surface area contributed by atoms with Crippen molar-refractivity contribution in [3.63, 3.8) is 0 Å². The number of carbonyl (C=O) groups is 1. The van der Waals surface area contributed by atoms with E-state index in [0.29, 0.717) is 0 Å². The predicted molar refractivity (Wildman–Crippen MR) is 43.2 cm³/mol. The molecular weight excluding hydrogens is 192 g/mol. The molecule has 8 nitrogen and oxygen atoms in total. The summed E-state index contributed by atoms with van der Waals surface area (Å²) < 4.78 is 5.58. The zero-order valence-electron chi connectivity index (χ0n) is 6.67. The third kappa shape index (κ3) is 1.40. The average molecular weight is 196 g/mol. The van der Waals surface area contributed by atoms with Gasteiger partial charge in [-0.1, -0.05) is 0 Å². The monoisotopic (exact) mass is 196 g/mol. The van der Waals surface area contributed by atoms with Crippen LogP contribution in [0.15, 0.2) is 21.6 Å². The molecule has 72 valence electrons. The first kappa shape index (κ1) is 8.23. The molecule has 0 atom stereocenters. The Kier molecular flexibility index (Phi) is 1.67. The standard InChI is InChI=1S/C6H4N4O4/c11-5(12)8-3-1-2-10-4(7-3)9-6(13)14-10/h1-2H,(H,11,12)(H,7,8,9,13). The van der Waals surface area contributed by atoms with Gasteiger partial charge < -0.3 is 9.63 Å². The number of nitrogens with zero attached hydrogens (tertiary/aromatic N) is 3. The second kappa shape index (κ2) is 2.83. The van der Waals surface area contributed by atoms with E-state index in [1.54, 1.807) is 0 Å². The molecule has 0 saturated heterocycles.